The van der Waals surface area contributed by atoms with Crippen molar-refractivity contribution in [2.45, 2.75) is 12.8 Å². The Morgan fingerprint density at radius 1 is 1.06 bits per heavy atom. The summed E-state index contributed by atoms with van der Waals surface area (Å²) in [6, 6.07) is 17.2. The van der Waals surface area contributed by atoms with Crippen LogP contribution in [0.5, 0.6) is 0 Å². The minimum Gasteiger partial charge on any atom is -0.452 e. The molecule has 1 aromatic heterocycles. The lowest BCUT2D eigenvalue weighted by atomic mass is 10.0. The molecule has 7 nitrogen and oxygen atoms in total. The zero-order valence-corrected chi connectivity index (χ0v) is 18.1. The van der Waals surface area contributed by atoms with Crippen LogP contribution in [-0.2, 0) is 16.0 Å². The van der Waals surface area contributed by atoms with E-state index < -0.39 is 11.9 Å². The van der Waals surface area contributed by atoms with Gasteiger partial charge in [-0.1, -0.05) is 24.3 Å². The first-order valence-electron chi connectivity index (χ1n) is 9.73. The van der Waals surface area contributed by atoms with Crippen LogP contribution in [0.25, 0.3) is 0 Å². The highest BCUT2D eigenvalue weighted by Crippen LogP contribution is 2.26. The van der Waals surface area contributed by atoms with Crippen LogP contribution in [0.2, 0.25) is 0 Å². The molecule has 8 heteroatoms. The number of nitrogens with zero attached hydrogens (tertiary/aromatic N) is 1. The molecule has 0 spiro atoms. The van der Waals surface area contributed by atoms with Crippen molar-refractivity contribution in [2.75, 3.05) is 23.4 Å². The van der Waals surface area contributed by atoms with E-state index in [4.69, 9.17) is 9.15 Å². The maximum absolute atomic E-state index is 12.6. The molecular weight excluding hydrogens is 464 g/mol. The average molecular weight is 483 g/mol. The first-order chi connectivity index (χ1) is 15.0. The van der Waals surface area contributed by atoms with Crippen molar-refractivity contribution in [3.63, 3.8) is 0 Å². The summed E-state index contributed by atoms with van der Waals surface area (Å²) in [6.45, 7) is 0.238. The Labute approximate surface area is 187 Å². The smallest absolute Gasteiger partial charge is 0.338 e. The van der Waals surface area contributed by atoms with Crippen molar-refractivity contribution in [3.8, 4) is 0 Å². The Bertz CT molecular complexity index is 1140. The van der Waals surface area contributed by atoms with Gasteiger partial charge in [-0.05, 0) is 70.7 Å². The molecule has 0 fully saturated rings. The number of anilines is 2. The zero-order valence-electron chi connectivity index (χ0n) is 16.5. The second-order valence-electron chi connectivity index (χ2n) is 6.99. The van der Waals surface area contributed by atoms with Crippen LogP contribution in [0.3, 0.4) is 0 Å². The van der Waals surface area contributed by atoms with Gasteiger partial charge < -0.3 is 19.4 Å². The lowest BCUT2D eigenvalue weighted by Crippen LogP contribution is -2.38. The number of para-hydroxylation sites is 1. The van der Waals surface area contributed by atoms with Gasteiger partial charge in [0.2, 0.25) is 0 Å². The number of carbonyl (C=O) groups excluding carboxylic acids is 3. The predicted molar refractivity (Wildman–Crippen MR) is 118 cm³/mol. The number of amides is 2. The third kappa shape index (κ3) is 4.86. The summed E-state index contributed by atoms with van der Waals surface area (Å²) in [6.07, 6.45) is 1.79. The molecular formula is C23H19BrN2O5. The minimum absolute atomic E-state index is 0.132. The Hall–Kier alpha value is -3.39. The van der Waals surface area contributed by atoms with Gasteiger partial charge in [0.1, 0.15) is 0 Å². The Balaban J connectivity index is 1.37. The molecule has 0 bridgehead atoms. The van der Waals surface area contributed by atoms with Crippen molar-refractivity contribution in [1.29, 1.82) is 0 Å². The van der Waals surface area contributed by atoms with Gasteiger partial charge >= 0.3 is 5.97 Å². The van der Waals surface area contributed by atoms with Gasteiger partial charge in [0.25, 0.3) is 11.8 Å². The predicted octanol–water partition coefficient (Wildman–Crippen LogP) is 4.43. The van der Waals surface area contributed by atoms with E-state index in [1.807, 2.05) is 24.3 Å². The van der Waals surface area contributed by atoms with Gasteiger partial charge in [-0.15, -0.1) is 0 Å². The van der Waals surface area contributed by atoms with Crippen molar-refractivity contribution in [1.82, 2.24) is 0 Å². The van der Waals surface area contributed by atoms with Crippen molar-refractivity contribution in [2.24, 2.45) is 0 Å². The molecule has 2 amide bonds. The maximum Gasteiger partial charge on any atom is 0.338 e. The molecule has 158 valence electrons. The number of rotatable bonds is 5. The van der Waals surface area contributed by atoms with Crippen LogP contribution in [-0.4, -0.2) is 30.9 Å². The third-order valence-electron chi connectivity index (χ3n) is 4.89. The lowest BCUT2D eigenvalue weighted by molar-refractivity contribution is -0.121. The molecule has 2 aromatic carbocycles. The van der Waals surface area contributed by atoms with Crippen molar-refractivity contribution < 1.29 is 23.5 Å². The molecule has 0 atom stereocenters. The normalized spacial score (nSPS) is 12.7. The number of fused-ring (bicyclic) bond motifs is 1. The summed E-state index contributed by atoms with van der Waals surface area (Å²) >= 11 is 3.14. The largest absolute Gasteiger partial charge is 0.452 e. The fraction of sp³-hybridized carbons (Fsp3) is 0.174. The zero-order chi connectivity index (χ0) is 21.8. The molecule has 0 saturated heterocycles. The van der Waals surface area contributed by atoms with Gasteiger partial charge in [-0.2, -0.15) is 0 Å². The quantitative estimate of drug-likeness (QED) is 0.543. The number of furan rings is 1. The van der Waals surface area contributed by atoms with E-state index in [1.165, 1.54) is 12.1 Å². The van der Waals surface area contributed by atoms with Gasteiger partial charge in [0.15, 0.2) is 17.0 Å². The van der Waals surface area contributed by atoms with Crippen LogP contribution < -0.4 is 10.2 Å². The summed E-state index contributed by atoms with van der Waals surface area (Å²) in [5.41, 5.74) is 2.61. The lowest BCUT2D eigenvalue weighted by Gasteiger charge is -2.29. The highest BCUT2D eigenvalue weighted by molar-refractivity contribution is 9.10. The number of halogens is 1. The number of hydrogen-bond donors (Lipinski definition) is 1. The molecule has 0 aliphatic carbocycles. The van der Waals surface area contributed by atoms with E-state index in [9.17, 15) is 14.4 Å². The number of nitrogens with one attached hydrogen (secondary N) is 1. The van der Waals surface area contributed by atoms with Crippen LogP contribution in [0.1, 0.15) is 32.9 Å². The Kier molecular flexibility index (Phi) is 6.18. The minimum atomic E-state index is -0.643. The molecule has 1 aliphatic heterocycles. The molecule has 0 radical (unpaired) electrons. The maximum atomic E-state index is 12.6. The van der Waals surface area contributed by atoms with E-state index in [0.717, 1.165) is 24.1 Å². The summed E-state index contributed by atoms with van der Waals surface area (Å²) < 4.78 is 10.9. The van der Waals surface area contributed by atoms with Gasteiger partial charge in [0.05, 0.1) is 5.56 Å². The fourth-order valence-electron chi connectivity index (χ4n) is 3.43. The van der Waals surface area contributed by atoms with Crippen LogP contribution >= 0.6 is 15.9 Å². The van der Waals surface area contributed by atoms with Gasteiger partial charge in [-0.3, -0.25) is 9.59 Å². The third-order valence-corrected chi connectivity index (χ3v) is 5.32. The average Bonchev–Trinajstić information content (AvgIpc) is 3.23. The van der Waals surface area contributed by atoms with E-state index in [-0.39, 0.29) is 23.8 Å². The molecule has 0 unspecified atom stereocenters. The summed E-state index contributed by atoms with van der Waals surface area (Å²) in [5.74, 6) is -1.23. The van der Waals surface area contributed by atoms with Crippen molar-refractivity contribution >= 4 is 45.1 Å². The number of esters is 1. The first kappa shape index (κ1) is 20.9. The second kappa shape index (κ2) is 9.18. The van der Waals surface area contributed by atoms with E-state index in [2.05, 4.69) is 21.2 Å². The molecule has 0 saturated carbocycles. The molecule has 31 heavy (non-hydrogen) atoms. The molecule has 1 N–H and O–H groups in total. The van der Waals surface area contributed by atoms with Gasteiger partial charge in [0, 0.05) is 17.9 Å². The summed E-state index contributed by atoms with van der Waals surface area (Å²) in [4.78, 5) is 39.0. The molecule has 4 rings (SSSR count). The van der Waals surface area contributed by atoms with Gasteiger partial charge in [-0.25, -0.2) is 4.79 Å². The Morgan fingerprint density at radius 2 is 1.90 bits per heavy atom. The molecule has 3 aromatic rings. The number of ether oxygens (including phenoxy) is 1. The topological polar surface area (TPSA) is 88.9 Å². The molecule has 2 heterocycles. The summed E-state index contributed by atoms with van der Waals surface area (Å²) in [5, 5.41) is 2.66. The second-order valence-corrected chi connectivity index (χ2v) is 7.77. The SMILES string of the molecule is O=C(OCC(=O)N1CCCc2ccccc21)c1cccc(NC(=O)c2ccc(Br)o2)c1. The number of benzene rings is 2. The number of hydrogen-bond acceptors (Lipinski definition) is 5. The standard InChI is InChI=1S/C23H19BrN2O5/c24-20-11-10-19(31-20)22(28)25-17-8-3-6-16(13-17)23(29)30-14-21(27)26-12-4-7-15-5-1-2-9-18(15)26/h1-3,5-6,8-11,13H,4,7,12,14H2,(H,25,28). The monoisotopic (exact) mass is 482 g/mol. The molecule has 1 aliphatic rings. The van der Waals surface area contributed by atoms with Crippen LogP contribution in [0.15, 0.2) is 69.8 Å². The highest BCUT2D eigenvalue weighted by atomic mass is 79.9. The van der Waals surface area contributed by atoms with Crippen LogP contribution in [0, 0.1) is 0 Å². The van der Waals surface area contributed by atoms with Crippen molar-refractivity contribution in [3.05, 3.63) is 82.2 Å². The van der Waals surface area contributed by atoms with E-state index in [0.29, 0.717) is 16.9 Å². The van der Waals surface area contributed by atoms with E-state index >= 15 is 0 Å². The summed E-state index contributed by atoms with van der Waals surface area (Å²) in [7, 11) is 0. The Morgan fingerprint density at radius 3 is 2.71 bits per heavy atom. The number of aryl methyl sites for hydroxylation is 1. The highest BCUT2D eigenvalue weighted by Gasteiger charge is 2.23. The number of carbonyl (C=O) groups is 3. The van der Waals surface area contributed by atoms with Crippen LogP contribution in [0.4, 0.5) is 11.4 Å². The fourth-order valence-corrected chi connectivity index (χ4v) is 3.74. The first-order valence-corrected chi connectivity index (χ1v) is 10.5. The van der Waals surface area contributed by atoms with E-state index in [1.54, 1.807) is 29.2 Å².